The molecule has 0 aromatic carbocycles. The molecule has 9 heteroatoms. The van der Waals surface area contributed by atoms with Gasteiger partial charge in [-0.25, -0.2) is 9.78 Å². The highest BCUT2D eigenvalue weighted by Gasteiger charge is 2.25. The molecule has 1 fully saturated rings. The van der Waals surface area contributed by atoms with Gasteiger partial charge in [-0.05, 0) is 19.3 Å². The zero-order valence-corrected chi connectivity index (χ0v) is 12.9. The number of hydrogen-bond acceptors (Lipinski definition) is 7. The number of carbonyl (C=O) groups excluding carboxylic acids is 2. The van der Waals surface area contributed by atoms with Crippen LogP contribution in [0.4, 0.5) is 11.5 Å². The van der Waals surface area contributed by atoms with E-state index in [-0.39, 0.29) is 34.9 Å². The van der Waals surface area contributed by atoms with E-state index >= 15 is 0 Å². The second-order valence-electron chi connectivity index (χ2n) is 5.50. The van der Waals surface area contributed by atoms with Crippen LogP contribution in [0.25, 0.3) is 0 Å². The molecular weight excluding hydrogens is 304 g/mol. The molecule has 2 heterocycles. The number of nitrogens with one attached hydrogen (secondary N) is 2. The van der Waals surface area contributed by atoms with E-state index in [1.54, 1.807) is 0 Å². The molecule has 1 amide bonds. The predicted molar refractivity (Wildman–Crippen MR) is 81.0 cm³/mol. The van der Waals surface area contributed by atoms with Gasteiger partial charge in [0.25, 0.3) is 0 Å². The maximum Gasteiger partial charge on any atom is 0.339 e. The summed E-state index contributed by atoms with van der Waals surface area (Å²) < 4.78 is 4.52. The van der Waals surface area contributed by atoms with Crippen LogP contribution in [-0.4, -0.2) is 41.5 Å². The van der Waals surface area contributed by atoms with Crippen LogP contribution in [0.2, 0.25) is 0 Å². The lowest BCUT2D eigenvalue weighted by atomic mass is 9.93. The van der Waals surface area contributed by atoms with Gasteiger partial charge in [0.1, 0.15) is 0 Å². The second-order valence-corrected chi connectivity index (χ2v) is 5.50. The molecule has 0 bridgehead atoms. The van der Waals surface area contributed by atoms with Crippen LogP contribution >= 0.6 is 0 Å². The summed E-state index contributed by atoms with van der Waals surface area (Å²) in [4.78, 5) is 37.4. The highest BCUT2D eigenvalue weighted by atomic mass is 16.6. The van der Waals surface area contributed by atoms with Crippen molar-refractivity contribution in [1.82, 2.24) is 10.3 Å². The van der Waals surface area contributed by atoms with Gasteiger partial charge >= 0.3 is 11.7 Å². The number of ether oxygens (including phenoxy) is 1. The molecule has 2 atom stereocenters. The van der Waals surface area contributed by atoms with Crippen molar-refractivity contribution >= 4 is 23.4 Å². The Hall–Kier alpha value is -2.71. The molecule has 2 N–H and O–H groups in total. The Kier molecular flexibility index (Phi) is 5.09. The van der Waals surface area contributed by atoms with E-state index < -0.39 is 10.9 Å². The molecule has 1 aliphatic rings. The number of nitro groups is 1. The molecule has 2 rings (SSSR count). The standard InChI is InChI=1S/C14H18N4O5/c1-8-3-9(4-12(19)17-8)6-15-13-11(18(21)22)5-10(7-16-13)14(20)23-2/h5,7-9H,3-4,6H2,1-2H3,(H,15,16)(H,17,19)/t8-,9-/m1/s1. The van der Waals surface area contributed by atoms with E-state index in [1.165, 1.54) is 13.3 Å². The first kappa shape index (κ1) is 16.7. The Labute approximate surface area is 132 Å². The number of esters is 1. The van der Waals surface area contributed by atoms with Gasteiger partial charge in [-0.2, -0.15) is 0 Å². The zero-order chi connectivity index (χ0) is 17.0. The third kappa shape index (κ3) is 4.15. The zero-order valence-electron chi connectivity index (χ0n) is 12.9. The van der Waals surface area contributed by atoms with Crippen molar-refractivity contribution in [3.05, 3.63) is 27.9 Å². The Morgan fingerprint density at radius 2 is 2.35 bits per heavy atom. The summed E-state index contributed by atoms with van der Waals surface area (Å²) in [6.07, 6.45) is 2.37. The molecule has 124 valence electrons. The molecule has 0 saturated carbocycles. The Balaban J connectivity index is 2.11. The van der Waals surface area contributed by atoms with E-state index in [9.17, 15) is 19.7 Å². The third-order valence-electron chi connectivity index (χ3n) is 3.61. The quantitative estimate of drug-likeness (QED) is 0.472. The first-order valence-corrected chi connectivity index (χ1v) is 7.16. The van der Waals surface area contributed by atoms with Gasteiger partial charge < -0.3 is 15.4 Å². The number of nitrogens with zero attached hydrogens (tertiary/aromatic N) is 2. The lowest BCUT2D eigenvalue weighted by Gasteiger charge is -2.27. The summed E-state index contributed by atoms with van der Waals surface area (Å²) in [5, 5.41) is 16.9. The van der Waals surface area contributed by atoms with Gasteiger partial charge in [0, 0.05) is 31.3 Å². The van der Waals surface area contributed by atoms with Gasteiger partial charge in [0.2, 0.25) is 11.7 Å². The number of pyridine rings is 1. The number of anilines is 1. The first-order valence-electron chi connectivity index (χ1n) is 7.16. The van der Waals surface area contributed by atoms with E-state index in [1.807, 2.05) is 6.92 Å². The molecule has 1 aromatic rings. The molecule has 0 radical (unpaired) electrons. The number of amides is 1. The molecule has 0 unspecified atom stereocenters. The maximum absolute atomic E-state index is 11.5. The molecule has 1 aliphatic heterocycles. The SMILES string of the molecule is COC(=O)c1cnc(NC[C@H]2CC(=O)N[C@H](C)C2)c([N+](=O)[O-])c1. The fourth-order valence-corrected chi connectivity index (χ4v) is 2.59. The molecule has 9 nitrogen and oxygen atoms in total. The fourth-order valence-electron chi connectivity index (χ4n) is 2.59. The van der Waals surface area contributed by atoms with Crippen molar-refractivity contribution in [1.29, 1.82) is 0 Å². The van der Waals surface area contributed by atoms with Crippen molar-refractivity contribution in [3.8, 4) is 0 Å². The number of aromatic nitrogens is 1. The van der Waals surface area contributed by atoms with Gasteiger partial charge in [-0.3, -0.25) is 14.9 Å². The number of piperidine rings is 1. The van der Waals surface area contributed by atoms with Crippen LogP contribution in [0.1, 0.15) is 30.1 Å². The first-order chi connectivity index (χ1) is 10.9. The minimum atomic E-state index is -0.690. The van der Waals surface area contributed by atoms with Gasteiger partial charge in [-0.1, -0.05) is 0 Å². The minimum absolute atomic E-state index is 0.00964. The smallest absolute Gasteiger partial charge is 0.339 e. The van der Waals surface area contributed by atoms with Crippen LogP contribution in [0.5, 0.6) is 0 Å². The van der Waals surface area contributed by atoms with Gasteiger partial charge in [0.05, 0.1) is 17.6 Å². The van der Waals surface area contributed by atoms with E-state index in [0.29, 0.717) is 13.0 Å². The van der Waals surface area contributed by atoms with Gasteiger partial charge in [-0.15, -0.1) is 0 Å². The lowest BCUT2D eigenvalue weighted by Crippen LogP contribution is -2.42. The number of carbonyl (C=O) groups is 2. The summed E-state index contributed by atoms with van der Waals surface area (Å²) >= 11 is 0. The summed E-state index contributed by atoms with van der Waals surface area (Å²) in [7, 11) is 1.19. The highest BCUT2D eigenvalue weighted by Crippen LogP contribution is 2.25. The topological polar surface area (TPSA) is 123 Å². The third-order valence-corrected chi connectivity index (χ3v) is 3.61. The number of rotatable bonds is 5. The minimum Gasteiger partial charge on any atom is -0.465 e. The molecule has 1 aromatic heterocycles. The second kappa shape index (κ2) is 7.03. The van der Waals surface area contributed by atoms with Crippen molar-refractivity contribution in [2.45, 2.75) is 25.8 Å². The number of methoxy groups -OCH3 is 1. The van der Waals surface area contributed by atoms with Gasteiger partial charge in [0.15, 0.2) is 0 Å². The van der Waals surface area contributed by atoms with E-state index in [4.69, 9.17) is 0 Å². The monoisotopic (exact) mass is 322 g/mol. The average molecular weight is 322 g/mol. The normalized spacial score (nSPS) is 20.5. The fraction of sp³-hybridized carbons (Fsp3) is 0.500. The van der Waals surface area contributed by atoms with Crippen LogP contribution in [0, 0.1) is 16.0 Å². The van der Waals surface area contributed by atoms with E-state index in [0.717, 1.165) is 12.5 Å². The summed E-state index contributed by atoms with van der Waals surface area (Å²) in [5.74, 6) is -0.578. The Morgan fingerprint density at radius 1 is 1.61 bits per heavy atom. The van der Waals surface area contributed by atoms with Crippen molar-refractivity contribution < 1.29 is 19.2 Å². The molecular formula is C14H18N4O5. The lowest BCUT2D eigenvalue weighted by molar-refractivity contribution is -0.384. The maximum atomic E-state index is 11.5. The molecule has 23 heavy (non-hydrogen) atoms. The molecule has 1 saturated heterocycles. The predicted octanol–water partition coefficient (Wildman–Crippen LogP) is 1.10. The average Bonchev–Trinajstić information content (AvgIpc) is 2.51. The summed E-state index contributed by atoms with van der Waals surface area (Å²) in [6, 6.07) is 1.20. The van der Waals surface area contributed by atoms with E-state index in [2.05, 4.69) is 20.4 Å². The van der Waals surface area contributed by atoms with Crippen LogP contribution in [-0.2, 0) is 9.53 Å². The van der Waals surface area contributed by atoms with Crippen molar-refractivity contribution in [2.24, 2.45) is 5.92 Å². The van der Waals surface area contributed by atoms with Crippen LogP contribution in [0.15, 0.2) is 12.3 Å². The largest absolute Gasteiger partial charge is 0.465 e. The summed E-state index contributed by atoms with van der Waals surface area (Å²) in [6.45, 7) is 2.30. The molecule has 0 spiro atoms. The van der Waals surface area contributed by atoms with Crippen molar-refractivity contribution in [2.75, 3.05) is 19.0 Å². The highest BCUT2D eigenvalue weighted by molar-refractivity contribution is 5.90. The summed E-state index contributed by atoms with van der Waals surface area (Å²) in [5.41, 5.74) is -0.295. The van der Waals surface area contributed by atoms with Crippen LogP contribution < -0.4 is 10.6 Å². The van der Waals surface area contributed by atoms with Crippen molar-refractivity contribution in [3.63, 3.8) is 0 Å². The Bertz CT molecular complexity index is 634. The Morgan fingerprint density at radius 3 is 2.96 bits per heavy atom. The molecule has 0 aliphatic carbocycles. The number of hydrogen-bond donors (Lipinski definition) is 2. The van der Waals surface area contributed by atoms with Crippen LogP contribution in [0.3, 0.4) is 0 Å².